The van der Waals surface area contributed by atoms with Crippen molar-refractivity contribution in [3.63, 3.8) is 0 Å². The van der Waals surface area contributed by atoms with E-state index in [4.69, 9.17) is 11.6 Å². The van der Waals surface area contributed by atoms with Gasteiger partial charge in [-0.25, -0.2) is 0 Å². The van der Waals surface area contributed by atoms with Crippen LogP contribution in [0.1, 0.15) is 46.0 Å². The van der Waals surface area contributed by atoms with E-state index in [0.717, 1.165) is 6.42 Å². The van der Waals surface area contributed by atoms with Gasteiger partial charge in [0, 0.05) is 5.57 Å². The molecule has 0 aromatic carbocycles. The lowest BCUT2D eigenvalue weighted by molar-refractivity contribution is -0.109. The molecule has 0 heterocycles. The first kappa shape index (κ1) is 12.9. The van der Waals surface area contributed by atoms with Crippen molar-refractivity contribution in [1.29, 1.82) is 0 Å². The number of allylic oxidation sites excluding steroid dienone is 3. The third-order valence-electron chi connectivity index (χ3n) is 4.76. The van der Waals surface area contributed by atoms with Crippen molar-refractivity contribution in [3.05, 3.63) is 23.8 Å². The van der Waals surface area contributed by atoms with E-state index in [0.29, 0.717) is 16.9 Å². The van der Waals surface area contributed by atoms with Crippen molar-refractivity contribution in [2.24, 2.45) is 17.3 Å². The summed E-state index contributed by atoms with van der Waals surface area (Å²) in [5.74, 6) is 0.717. The molecule has 1 fully saturated rings. The molecule has 0 bridgehead atoms. The van der Waals surface area contributed by atoms with E-state index < -0.39 is 0 Å². The number of carbonyl (C=O) groups excluding carboxylic acids is 1. The highest BCUT2D eigenvalue weighted by Gasteiger charge is 2.43. The molecule has 3 atom stereocenters. The second kappa shape index (κ2) is 4.61. The van der Waals surface area contributed by atoms with Crippen molar-refractivity contribution in [3.8, 4) is 0 Å². The molecule has 2 heteroatoms. The van der Waals surface area contributed by atoms with Crippen LogP contribution in [0.5, 0.6) is 0 Å². The number of carbonyl (C=O) groups is 1. The zero-order chi connectivity index (χ0) is 12.6. The van der Waals surface area contributed by atoms with Gasteiger partial charge in [0.15, 0.2) is 0 Å². The number of hydrogen-bond acceptors (Lipinski definition) is 1. The van der Waals surface area contributed by atoms with Crippen molar-refractivity contribution in [2.75, 3.05) is 0 Å². The summed E-state index contributed by atoms with van der Waals surface area (Å²) in [6.45, 7) is 8.47. The molecule has 0 N–H and O–H groups in total. The van der Waals surface area contributed by atoms with Gasteiger partial charge in [-0.15, -0.1) is 0 Å². The molecule has 0 amide bonds. The van der Waals surface area contributed by atoms with Crippen LogP contribution in [-0.2, 0) is 4.79 Å². The molecule has 2 aliphatic rings. The lowest BCUT2D eigenvalue weighted by atomic mass is 9.57. The molecule has 0 spiro atoms. The maximum atomic E-state index is 11.3. The Balaban J connectivity index is 2.31. The quantitative estimate of drug-likeness (QED) is 0.403. The van der Waals surface area contributed by atoms with Crippen LogP contribution in [-0.4, -0.2) is 5.24 Å². The van der Waals surface area contributed by atoms with Gasteiger partial charge in [0.25, 0.3) is 0 Å². The fourth-order valence-electron chi connectivity index (χ4n) is 3.58. The summed E-state index contributed by atoms with van der Waals surface area (Å²) in [6, 6.07) is 0. The summed E-state index contributed by atoms with van der Waals surface area (Å²) >= 11 is 5.62. The van der Waals surface area contributed by atoms with Crippen molar-refractivity contribution < 1.29 is 4.79 Å². The fraction of sp³-hybridized carbons (Fsp3) is 0.667. The van der Waals surface area contributed by atoms with Crippen LogP contribution in [0.25, 0.3) is 0 Å². The smallest absolute Gasteiger partial charge is 0.248 e. The number of rotatable bonds is 2. The summed E-state index contributed by atoms with van der Waals surface area (Å²) in [5, 5.41) is -0.351. The number of fused-ring (bicyclic) bond motifs is 1. The Bertz CT molecular complexity index is 382. The van der Waals surface area contributed by atoms with E-state index in [1.54, 1.807) is 0 Å². The first-order chi connectivity index (χ1) is 7.94. The van der Waals surface area contributed by atoms with Crippen LogP contribution in [0.4, 0.5) is 0 Å². The third kappa shape index (κ3) is 2.35. The molecule has 0 saturated heterocycles. The average molecular weight is 253 g/mol. The summed E-state index contributed by atoms with van der Waals surface area (Å²) in [6.07, 6.45) is 8.32. The largest absolute Gasteiger partial charge is 0.276 e. The lowest BCUT2D eigenvalue weighted by Gasteiger charge is -2.48. The van der Waals surface area contributed by atoms with Gasteiger partial charge >= 0.3 is 0 Å². The van der Waals surface area contributed by atoms with Gasteiger partial charge in [0.05, 0.1) is 0 Å². The van der Waals surface area contributed by atoms with Gasteiger partial charge in [0.1, 0.15) is 0 Å². The molecule has 94 valence electrons. The Kier molecular flexibility index (Phi) is 3.49. The van der Waals surface area contributed by atoms with Crippen LogP contribution >= 0.6 is 11.6 Å². The van der Waals surface area contributed by atoms with Crippen LogP contribution in [0.15, 0.2) is 23.8 Å². The van der Waals surface area contributed by atoms with Crippen molar-refractivity contribution in [1.82, 2.24) is 0 Å². The van der Waals surface area contributed by atoms with E-state index in [1.807, 2.05) is 0 Å². The first-order valence-corrected chi connectivity index (χ1v) is 6.88. The molecule has 2 aliphatic carbocycles. The molecule has 1 nitrogen and oxygen atoms in total. The zero-order valence-corrected chi connectivity index (χ0v) is 11.5. The molecule has 0 radical (unpaired) electrons. The summed E-state index contributed by atoms with van der Waals surface area (Å²) in [5.41, 5.74) is 2.42. The predicted octanol–water partition coefficient (Wildman–Crippen LogP) is 4.47. The van der Waals surface area contributed by atoms with Gasteiger partial charge in [-0.05, 0) is 61.5 Å². The zero-order valence-electron chi connectivity index (χ0n) is 10.8. The molecular formula is C15H21ClO. The van der Waals surface area contributed by atoms with Crippen LogP contribution in [0.2, 0.25) is 0 Å². The highest BCUT2D eigenvalue weighted by molar-refractivity contribution is 6.67. The topological polar surface area (TPSA) is 17.1 Å². The molecule has 0 aliphatic heterocycles. The van der Waals surface area contributed by atoms with Gasteiger partial charge in [0.2, 0.25) is 5.24 Å². The Morgan fingerprint density at radius 2 is 2.24 bits per heavy atom. The van der Waals surface area contributed by atoms with E-state index in [1.165, 1.54) is 31.3 Å². The standard InChI is InChI=1S/C15H21ClO/c1-10-6-8-15(3)7-4-5-12(13(15)9-10)11(2)14(16)17/h9,12-13H,2,4-8H2,1,3H3/t12-,13+,15+/m0/s1. The fourth-order valence-corrected chi connectivity index (χ4v) is 3.72. The summed E-state index contributed by atoms with van der Waals surface area (Å²) in [4.78, 5) is 11.3. The number of halogens is 1. The minimum Gasteiger partial charge on any atom is -0.276 e. The maximum absolute atomic E-state index is 11.3. The van der Waals surface area contributed by atoms with Crippen molar-refractivity contribution >= 4 is 16.8 Å². The predicted molar refractivity (Wildman–Crippen MR) is 71.9 cm³/mol. The molecule has 17 heavy (non-hydrogen) atoms. The van der Waals surface area contributed by atoms with E-state index in [-0.39, 0.29) is 11.2 Å². The minimum absolute atomic E-state index is 0.258. The molecule has 1 saturated carbocycles. The van der Waals surface area contributed by atoms with Crippen LogP contribution < -0.4 is 0 Å². The second-order valence-electron chi connectivity index (χ2n) is 5.99. The van der Waals surface area contributed by atoms with Crippen LogP contribution in [0, 0.1) is 17.3 Å². The third-order valence-corrected chi connectivity index (χ3v) is 5.00. The van der Waals surface area contributed by atoms with Crippen LogP contribution in [0.3, 0.4) is 0 Å². The molecule has 0 aromatic rings. The van der Waals surface area contributed by atoms with E-state index >= 15 is 0 Å². The summed E-state index contributed by atoms with van der Waals surface area (Å²) < 4.78 is 0. The van der Waals surface area contributed by atoms with Gasteiger partial charge in [-0.3, -0.25) is 4.79 Å². The van der Waals surface area contributed by atoms with Gasteiger partial charge < -0.3 is 0 Å². The molecule has 2 rings (SSSR count). The van der Waals surface area contributed by atoms with Crippen molar-refractivity contribution in [2.45, 2.75) is 46.0 Å². The Morgan fingerprint density at radius 1 is 1.53 bits per heavy atom. The van der Waals surface area contributed by atoms with Gasteiger partial charge in [-0.1, -0.05) is 31.6 Å². The average Bonchev–Trinajstić information content (AvgIpc) is 2.28. The second-order valence-corrected chi connectivity index (χ2v) is 6.33. The minimum atomic E-state index is -0.351. The molecule has 0 aromatic heterocycles. The Hall–Kier alpha value is -0.560. The monoisotopic (exact) mass is 252 g/mol. The molecular weight excluding hydrogens is 232 g/mol. The number of hydrogen-bond donors (Lipinski definition) is 0. The van der Waals surface area contributed by atoms with Gasteiger partial charge in [-0.2, -0.15) is 0 Å². The van der Waals surface area contributed by atoms with E-state index in [9.17, 15) is 4.79 Å². The normalized spacial score (nSPS) is 37.0. The highest BCUT2D eigenvalue weighted by atomic mass is 35.5. The highest BCUT2D eigenvalue weighted by Crippen LogP contribution is 2.53. The Morgan fingerprint density at radius 3 is 2.88 bits per heavy atom. The van der Waals surface area contributed by atoms with E-state index in [2.05, 4.69) is 26.5 Å². The SMILES string of the molecule is C=C(C(=O)Cl)[C@@H]1CCC[C@]2(C)CCC(C)=C[C@H]12. The summed E-state index contributed by atoms with van der Waals surface area (Å²) in [7, 11) is 0. The Labute approximate surface area is 109 Å². The molecule has 0 unspecified atom stereocenters. The maximum Gasteiger partial charge on any atom is 0.248 e. The lowest BCUT2D eigenvalue weighted by Crippen LogP contribution is -2.39. The first-order valence-electron chi connectivity index (χ1n) is 6.50.